The summed E-state index contributed by atoms with van der Waals surface area (Å²) in [5.74, 6) is 1.23. The van der Waals surface area contributed by atoms with Gasteiger partial charge in [0.2, 0.25) is 0 Å². The summed E-state index contributed by atoms with van der Waals surface area (Å²) in [5.41, 5.74) is 1.33. The molecule has 2 aromatic rings. The number of allylic oxidation sites excluding steroid dienone is 1. The van der Waals surface area contributed by atoms with Crippen molar-refractivity contribution in [1.82, 2.24) is 0 Å². The molecular formula is C17H20O4. The second-order valence-corrected chi connectivity index (χ2v) is 4.70. The van der Waals surface area contributed by atoms with Crippen molar-refractivity contribution >= 4 is 10.8 Å². The van der Waals surface area contributed by atoms with Crippen LogP contribution >= 0.6 is 0 Å². The minimum absolute atomic E-state index is 0.387. The third kappa shape index (κ3) is 2.60. The highest BCUT2D eigenvalue weighted by Gasteiger charge is 2.24. The van der Waals surface area contributed by atoms with Gasteiger partial charge in [-0.15, -0.1) is 6.58 Å². The van der Waals surface area contributed by atoms with Crippen LogP contribution < -0.4 is 9.47 Å². The Labute approximate surface area is 124 Å². The highest BCUT2D eigenvalue weighted by atomic mass is 16.5. The van der Waals surface area contributed by atoms with Gasteiger partial charge in [-0.05, 0) is 6.42 Å². The minimum atomic E-state index is -1.03. The number of benzene rings is 2. The van der Waals surface area contributed by atoms with Crippen LogP contribution in [-0.2, 0) is 6.42 Å². The lowest BCUT2D eigenvalue weighted by Crippen LogP contribution is -2.10. The zero-order valence-corrected chi connectivity index (χ0v) is 12.3. The topological polar surface area (TPSA) is 58.9 Å². The van der Waals surface area contributed by atoms with Crippen molar-refractivity contribution in [3.05, 3.63) is 48.0 Å². The first-order valence-corrected chi connectivity index (χ1v) is 6.74. The van der Waals surface area contributed by atoms with Gasteiger partial charge in [-0.2, -0.15) is 0 Å². The molecule has 0 aromatic heterocycles. The number of aliphatic hydroxyl groups is 2. The molecule has 0 fully saturated rings. The lowest BCUT2D eigenvalue weighted by molar-refractivity contribution is 0.0927. The minimum Gasteiger partial charge on any atom is -0.496 e. The van der Waals surface area contributed by atoms with Crippen LogP contribution in [-0.4, -0.2) is 31.0 Å². The Bertz CT molecular complexity index is 649. The first kappa shape index (κ1) is 15.4. The van der Waals surface area contributed by atoms with E-state index in [4.69, 9.17) is 9.47 Å². The maximum absolute atomic E-state index is 10.2. The molecule has 1 unspecified atom stereocenters. The van der Waals surface area contributed by atoms with E-state index < -0.39 is 6.10 Å². The van der Waals surface area contributed by atoms with Crippen molar-refractivity contribution < 1.29 is 19.7 Å². The molecule has 0 radical (unpaired) electrons. The van der Waals surface area contributed by atoms with Gasteiger partial charge in [-0.3, -0.25) is 0 Å². The molecule has 0 saturated heterocycles. The van der Waals surface area contributed by atoms with Crippen LogP contribution in [0.4, 0.5) is 0 Å². The first-order valence-electron chi connectivity index (χ1n) is 6.74. The molecule has 0 aliphatic rings. The van der Waals surface area contributed by atoms with E-state index >= 15 is 0 Å². The number of aliphatic hydroxyl groups excluding tert-OH is 2. The second-order valence-electron chi connectivity index (χ2n) is 4.70. The fourth-order valence-corrected chi connectivity index (χ4v) is 2.69. The maximum Gasteiger partial charge on any atom is 0.133 e. The number of methoxy groups -OCH3 is 2. The SMILES string of the molecule is C=CCc1c(C(O)CO)c(OC)c2ccccc2c1OC. The molecule has 2 rings (SSSR count). The summed E-state index contributed by atoms with van der Waals surface area (Å²) in [6, 6.07) is 7.66. The van der Waals surface area contributed by atoms with Crippen LogP contribution in [0.15, 0.2) is 36.9 Å². The second kappa shape index (κ2) is 6.61. The predicted molar refractivity (Wildman–Crippen MR) is 83.0 cm³/mol. The van der Waals surface area contributed by atoms with Gasteiger partial charge in [0.15, 0.2) is 0 Å². The zero-order valence-electron chi connectivity index (χ0n) is 12.3. The van der Waals surface area contributed by atoms with Crippen molar-refractivity contribution in [3.63, 3.8) is 0 Å². The Hall–Kier alpha value is -2.04. The highest BCUT2D eigenvalue weighted by molar-refractivity contribution is 5.96. The fourth-order valence-electron chi connectivity index (χ4n) is 2.69. The Morgan fingerprint density at radius 2 is 1.71 bits per heavy atom. The van der Waals surface area contributed by atoms with E-state index in [1.54, 1.807) is 20.3 Å². The fraction of sp³-hybridized carbons (Fsp3) is 0.294. The van der Waals surface area contributed by atoms with E-state index in [0.29, 0.717) is 23.5 Å². The van der Waals surface area contributed by atoms with Crippen LogP contribution in [0, 0.1) is 0 Å². The number of hydrogen-bond acceptors (Lipinski definition) is 4. The number of rotatable bonds is 6. The van der Waals surface area contributed by atoms with Gasteiger partial charge < -0.3 is 19.7 Å². The number of ether oxygens (including phenoxy) is 2. The number of hydrogen-bond donors (Lipinski definition) is 2. The van der Waals surface area contributed by atoms with Crippen LogP contribution in [0.25, 0.3) is 10.8 Å². The average Bonchev–Trinajstić information content (AvgIpc) is 2.53. The van der Waals surface area contributed by atoms with Crippen LogP contribution in [0.2, 0.25) is 0 Å². The summed E-state index contributed by atoms with van der Waals surface area (Å²) in [6.07, 6.45) is 1.21. The standard InChI is InChI=1S/C17H20O4/c1-4-7-13-15(14(19)10-18)17(21-3)12-9-6-5-8-11(12)16(13)20-2/h4-6,8-9,14,18-19H,1,7,10H2,2-3H3. The molecular weight excluding hydrogens is 268 g/mol. The Kier molecular flexibility index (Phi) is 4.83. The molecule has 0 saturated carbocycles. The molecule has 4 nitrogen and oxygen atoms in total. The van der Waals surface area contributed by atoms with Crippen molar-refractivity contribution in [2.75, 3.05) is 20.8 Å². The molecule has 0 heterocycles. The van der Waals surface area contributed by atoms with E-state index in [-0.39, 0.29) is 6.61 Å². The summed E-state index contributed by atoms with van der Waals surface area (Å²) in [4.78, 5) is 0. The van der Waals surface area contributed by atoms with E-state index in [1.165, 1.54) is 0 Å². The third-order valence-electron chi connectivity index (χ3n) is 3.52. The Morgan fingerprint density at radius 3 is 2.19 bits per heavy atom. The van der Waals surface area contributed by atoms with Crippen LogP contribution in [0.3, 0.4) is 0 Å². The largest absolute Gasteiger partial charge is 0.496 e. The summed E-state index contributed by atoms with van der Waals surface area (Å²) in [6.45, 7) is 3.37. The summed E-state index contributed by atoms with van der Waals surface area (Å²) >= 11 is 0. The normalized spacial score (nSPS) is 12.2. The van der Waals surface area contributed by atoms with E-state index in [2.05, 4.69) is 6.58 Å². The van der Waals surface area contributed by atoms with Crippen LogP contribution in [0.1, 0.15) is 17.2 Å². The van der Waals surface area contributed by atoms with Gasteiger partial charge in [0.05, 0.1) is 20.8 Å². The Morgan fingerprint density at radius 1 is 1.14 bits per heavy atom. The lowest BCUT2D eigenvalue weighted by atomic mass is 9.92. The third-order valence-corrected chi connectivity index (χ3v) is 3.52. The van der Waals surface area contributed by atoms with E-state index in [0.717, 1.165) is 16.3 Å². The van der Waals surface area contributed by atoms with Crippen molar-refractivity contribution in [1.29, 1.82) is 0 Å². The highest BCUT2D eigenvalue weighted by Crippen LogP contribution is 2.43. The molecule has 0 amide bonds. The molecule has 2 aromatic carbocycles. The molecule has 1 atom stereocenters. The van der Waals surface area contributed by atoms with Crippen molar-refractivity contribution in [3.8, 4) is 11.5 Å². The van der Waals surface area contributed by atoms with Gasteiger partial charge in [0.1, 0.15) is 17.6 Å². The van der Waals surface area contributed by atoms with Gasteiger partial charge in [0, 0.05) is 21.9 Å². The van der Waals surface area contributed by atoms with Gasteiger partial charge in [0.25, 0.3) is 0 Å². The zero-order chi connectivity index (χ0) is 15.4. The number of fused-ring (bicyclic) bond motifs is 1. The van der Waals surface area contributed by atoms with Gasteiger partial charge in [-0.1, -0.05) is 30.3 Å². The summed E-state index contributed by atoms with van der Waals surface area (Å²) < 4.78 is 11.1. The molecule has 21 heavy (non-hydrogen) atoms. The summed E-state index contributed by atoms with van der Waals surface area (Å²) in [7, 11) is 3.15. The van der Waals surface area contributed by atoms with Gasteiger partial charge in [-0.25, -0.2) is 0 Å². The van der Waals surface area contributed by atoms with Gasteiger partial charge >= 0.3 is 0 Å². The van der Waals surface area contributed by atoms with Crippen molar-refractivity contribution in [2.24, 2.45) is 0 Å². The molecule has 4 heteroatoms. The lowest BCUT2D eigenvalue weighted by Gasteiger charge is -2.22. The molecule has 0 aliphatic carbocycles. The summed E-state index contributed by atoms with van der Waals surface area (Å²) in [5, 5.41) is 21.3. The first-order chi connectivity index (χ1) is 10.2. The smallest absolute Gasteiger partial charge is 0.133 e. The molecule has 0 aliphatic heterocycles. The molecule has 112 valence electrons. The van der Waals surface area contributed by atoms with Crippen LogP contribution in [0.5, 0.6) is 11.5 Å². The molecule has 0 bridgehead atoms. The monoisotopic (exact) mass is 288 g/mol. The molecule has 2 N–H and O–H groups in total. The Balaban J connectivity index is 2.94. The van der Waals surface area contributed by atoms with Crippen molar-refractivity contribution in [2.45, 2.75) is 12.5 Å². The maximum atomic E-state index is 10.2. The van der Waals surface area contributed by atoms with E-state index in [1.807, 2.05) is 24.3 Å². The predicted octanol–water partition coefficient (Wildman–Crippen LogP) is 2.61. The quantitative estimate of drug-likeness (QED) is 0.802. The average molecular weight is 288 g/mol. The molecule has 0 spiro atoms. The van der Waals surface area contributed by atoms with E-state index in [9.17, 15) is 10.2 Å².